The number of hydrogen-bond acceptors (Lipinski definition) is 5. The summed E-state index contributed by atoms with van der Waals surface area (Å²) in [5.41, 5.74) is 1.90. The normalized spacial score (nSPS) is 41.4. The number of allylic oxidation sites excluding steroid dienone is 1. The van der Waals surface area contributed by atoms with Crippen LogP contribution in [0.5, 0.6) is 0 Å². The van der Waals surface area contributed by atoms with Gasteiger partial charge in [-0.3, -0.25) is 9.59 Å². The van der Waals surface area contributed by atoms with Crippen LogP contribution in [0.3, 0.4) is 0 Å². The first-order chi connectivity index (χ1) is 13.1. The van der Waals surface area contributed by atoms with Crippen LogP contribution in [0, 0.1) is 28.6 Å². The predicted molar refractivity (Wildman–Crippen MR) is 106 cm³/mol. The van der Waals surface area contributed by atoms with E-state index in [0.717, 1.165) is 12.8 Å². The van der Waals surface area contributed by atoms with Crippen molar-refractivity contribution in [3.05, 3.63) is 11.6 Å². The lowest BCUT2D eigenvalue weighted by Gasteiger charge is -2.51. The molecule has 1 saturated heterocycles. The Labute approximate surface area is 169 Å². The Kier molecular flexibility index (Phi) is 5.96. The van der Waals surface area contributed by atoms with E-state index in [9.17, 15) is 9.59 Å². The van der Waals surface area contributed by atoms with Crippen molar-refractivity contribution in [3.63, 3.8) is 0 Å². The van der Waals surface area contributed by atoms with Crippen LogP contribution in [0.1, 0.15) is 80.1 Å². The third-order valence-electron chi connectivity index (χ3n) is 7.17. The molecule has 5 nitrogen and oxygen atoms in total. The molecule has 0 bridgehead atoms. The summed E-state index contributed by atoms with van der Waals surface area (Å²) in [6, 6.07) is 0. The summed E-state index contributed by atoms with van der Waals surface area (Å²) < 4.78 is 16.9. The molecular formula is C23H36O5. The summed E-state index contributed by atoms with van der Waals surface area (Å²) in [7, 11) is 0. The van der Waals surface area contributed by atoms with Gasteiger partial charge in [0.1, 0.15) is 0 Å². The molecule has 5 heteroatoms. The molecule has 0 aromatic heterocycles. The highest BCUT2D eigenvalue weighted by Gasteiger charge is 2.56. The lowest BCUT2D eigenvalue weighted by atomic mass is 9.53. The molecule has 0 amide bonds. The highest BCUT2D eigenvalue weighted by atomic mass is 16.8. The van der Waals surface area contributed by atoms with Crippen LogP contribution in [-0.2, 0) is 23.8 Å². The SMILES string of the molecule is CC=C1C2C(OC(C)=O)OC(OC(C)=O)C2CCC1C1(C)CCCC(C)(C)C1. The first-order valence-corrected chi connectivity index (χ1v) is 10.7. The highest BCUT2D eigenvalue weighted by Crippen LogP contribution is 2.59. The zero-order valence-corrected chi connectivity index (χ0v) is 18.2. The largest absolute Gasteiger partial charge is 0.435 e. The van der Waals surface area contributed by atoms with Crippen molar-refractivity contribution in [1.29, 1.82) is 0 Å². The van der Waals surface area contributed by atoms with Crippen molar-refractivity contribution in [2.75, 3.05) is 0 Å². The summed E-state index contributed by atoms with van der Waals surface area (Å²) in [6.45, 7) is 12.1. The summed E-state index contributed by atoms with van der Waals surface area (Å²) in [5, 5.41) is 0. The van der Waals surface area contributed by atoms with Crippen molar-refractivity contribution in [2.45, 2.75) is 92.6 Å². The van der Waals surface area contributed by atoms with Gasteiger partial charge < -0.3 is 14.2 Å². The van der Waals surface area contributed by atoms with Crippen molar-refractivity contribution in [2.24, 2.45) is 28.6 Å². The van der Waals surface area contributed by atoms with Gasteiger partial charge in [-0.1, -0.05) is 38.8 Å². The quantitative estimate of drug-likeness (QED) is 0.500. The molecule has 6 atom stereocenters. The standard InChI is InChI=1S/C23H36O5/c1-7-16-18(23(6)12-8-11-22(4,5)13-23)10-9-17-19(16)21(27-15(3)25)28-20(17)26-14(2)24/h7,17-21H,8-13H2,1-6H3. The summed E-state index contributed by atoms with van der Waals surface area (Å²) in [4.78, 5) is 23.3. The molecule has 2 saturated carbocycles. The van der Waals surface area contributed by atoms with Gasteiger partial charge in [-0.25, -0.2) is 0 Å². The molecule has 6 unspecified atom stereocenters. The second-order valence-corrected chi connectivity index (χ2v) is 10.0. The molecule has 1 aliphatic heterocycles. The van der Waals surface area contributed by atoms with E-state index < -0.39 is 12.6 Å². The molecule has 0 radical (unpaired) electrons. The van der Waals surface area contributed by atoms with Gasteiger partial charge in [0.05, 0.1) is 5.92 Å². The molecule has 3 aliphatic rings. The van der Waals surface area contributed by atoms with Gasteiger partial charge in [0.25, 0.3) is 0 Å². The number of esters is 2. The van der Waals surface area contributed by atoms with E-state index in [1.807, 2.05) is 0 Å². The maximum atomic E-state index is 11.7. The summed E-state index contributed by atoms with van der Waals surface area (Å²) >= 11 is 0. The Hall–Kier alpha value is -1.36. The first-order valence-electron chi connectivity index (χ1n) is 10.7. The topological polar surface area (TPSA) is 61.8 Å². The van der Waals surface area contributed by atoms with Gasteiger partial charge in [0, 0.05) is 19.8 Å². The monoisotopic (exact) mass is 392 g/mol. The molecule has 0 spiro atoms. The summed E-state index contributed by atoms with van der Waals surface area (Å²) in [6.07, 6.45) is 7.81. The minimum absolute atomic E-state index is 0.0379. The minimum atomic E-state index is -0.680. The van der Waals surface area contributed by atoms with E-state index in [4.69, 9.17) is 14.2 Å². The third kappa shape index (κ3) is 4.14. The van der Waals surface area contributed by atoms with Crippen LogP contribution < -0.4 is 0 Å². The fourth-order valence-corrected chi connectivity index (χ4v) is 6.39. The third-order valence-corrected chi connectivity index (χ3v) is 7.17. The van der Waals surface area contributed by atoms with Crippen LogP contribution in [0.2, 0.25) is 0 Å². The van der Waals surface area contributed by atoms with Gasteiger partial charge in [-0.2, -0.15) is 0 Å². The Bertz CT molecular complexity index is 651. The number of fused-ring (bicyclic) bond motifs is 1. The number of hydrogen-bond donors (Lipinski definition) is 0. The Balaban J connectivity index is 1.90. The van der Waals surface area contributed by atoms with E-state index >= 15 is 0 Å². The van der Waals surface area contributed by atoms with Crippen molar-refractivity contribution < 1.29 is 23.8 Å². The van der Waals surface area contributed by atoms with Crippen molar-refractivity contribution in [1.82, 2.24) is 0 Å². The second-order valence-electron chi connectivity index (χ2n) is 10.0. The molecule has 3 fully saturated rings. The Morgan fingerprint density at radius 1 is 1.04 bits per heavy atom. The average Bonchev–Trinajstić information content (AvgIpc) is 2.89. The lowest BCUT2D eigenvalue weighted by Crippen LogP contribution is -2.44. The molecule has 3 rings (SSSR count). The fourth-order valence-electron chi connectivity index (χ4n) is 6.39. The molecule has 0 N–H and O–H groups in total. The van der Waals surface area contributed by atoms with Gasteiger partial charge in [0.2, 0.25) is 12.6 Å². The van der Waals surface area contributed by atoms with Crippen LogP contribution in [0.15, 0.2) is 11.6 Å². The molecule has 28 heavy (non-hydrogen) atoms. The van der Waals surface area contributed by atoms with E-state index in [-0.39, 0.29) is 29.2 Å². The summed E-state index contributed by atoms with van der Waals surface area (Å²) in [5.74, 6) is -0.294. The zero-order chi connectivity index (χ0) is 20.7. The van der Waals surface area contributed by atoms with Gasteiger partial charge >= 0.3 is 11.9 Å². The van der Waals surface area contributed by atoms with E-state index in [0.29, 0.717) is 11.3 Å². The number of carbonyl (C=O) groups is 2. The molecule has 2 aliphatic carbocycles. The van der Waals surface area contributed by atoms with Crippen LogP contribution in [0.25, 0.3) is 0 Å². The molecule has 0 aromatic carbocycles. The smallest absolute Gasteiger partial charge is 0.304 e. The lowest BCUT2D eigenvalue weighted by molar-refractivity contribution is -0.213. The van der Waals surface area contributed by atoms with E-state index in [2.05, 4.69) is 33.8 Å². The average molecular weight is 393 g/mol. The number of ether oxygens (including phenoxy) is 3. The maximum absolute atomic E-state index is 11.7. The second kappa shape index (κ2) is 7.81. The maximum Gasteiger partial charge on any atom is 0.304 e. The first kappa shape index (κ1) is 21.4. The van der Waals surface area contributed by atoms with Crippen LogP contribution in [0.4, 0.5) is 0 Å². The van der Waals surface area contributed by atoms with Crippen LogP contribution >= 0.6 is 0 Å². The van der Waals surface area contributed by atoms with Gasteiger partial charge in [0.15, 0.2) is 0 Å². The Morgan fingerprint density at radius 2 is 1.68 bits per heavy atom. The van der Waals surface area contributed by atoms with Gasteiger partial charge in [-0.05, 0) is 55.8 Å². The van der Waals surface area contributed by atoms with E-state index in [1.165, 1.54) is 45.1 Å². The molecule has 1 heterocycles. The zero-order valence-electron chi connectivity index (χ0n) is 18.2. The number of carbonyl (C=O) groups excluding carboxylic acids is 2. The predicted octanol–water partition coefficient (Wildman–Crippen LogP) is 4.99. The minimum Gasteiger partial charge on any atom is -0.435 e. The van der Waals surface area contributed by atoms with Gasteiger partial charge in [-0.15, -0.1) is 0 Å². The fraction of sp³-hybridized carbons (Fsp3) is 0.826. The molecule has 0 aromatic rings. The number of rotatable bonds is 3. The molecular weight excluding hydrogens is 356 g/mol. The molecule has 158 valence electrons. The van der Waals surface area contributed by atoms with E-state index in [1.54, 1.807) is 0 Å². The van der Waals surface area contributed by atoms with Crippen molar-refractivity contribution in [3.8, 4) is 0 Å². The Morgan fingerprint density at radius 3 is 2.25 bits per heavy atom. The van der Waals surface area contributed by atoms with Crippen LogP contribution in [-0.4, -0.2) is 24.5 Å². The highest BCUT2D eigenvalue weighted by molar-refractivity contribution is 5.66. The van der Waals surface area contributed by atoms with Crippen molar-refractivity contribution >= 4 is 11.9 Å².